The SMILES string of the molecule is O=C(Nc1ncnc(N2CCCC2)c1Cl)[C@@H]1[C@H]2CCCO[C@H]21. The topological polar surface area (TPSA) is 67.4 Å². The number of nitrogens with one attached hydrogen (secondary N) is 1. The number of anilines is 2. The molecule has 22 heavy (non-hydrogen) atoms. The van der Waals surface area contributed by atoms with Gasteiger partial charge in [-0.25, -0.2) is 9.97 Å². The van der Waals surface area contributed by atoms with Crippen molar-refractivity contribution in [3.8, 4) is 0 Å². The maximum atomic E-state index is 12.4. The minimum atomic E-state index is -0.0521. The first-order valence-corrected chi connectivity index (χ1v) is 8.31. The van der Waals surface area contributed by atoms with E-state index in [2.05, 4.69) is 20.2 Å². The Labute approximate surface area is 134 Å². The van der Waals surface area contributed by atoms with E-state index in [1.54, 1.807) is 0 Å². The lowest BCUT2D eigenvalue weighted by atomic mass is 10.2. The fourth-order valence-corrected chi connectivity index (χ4v) is 3.86. The summed E-state index contributed by atoms with van der Waals surface area (Å²) in [5.74, 6) is 1.40. The summed E-state index contributed by atoms with van der Waals surface area (Å²) in [5.41, 5.74) is 0. The molecule has 4 rings (SSSR count). The first-order chi connectivity index (χ1) is 10.8. The quantitative estimate of drug-likeness (QED) is 0.923. The van der Waals surface area contributed by atoms with Crippen LogP contribution in [0, 0.1) is 11.8 Å². The predicted molar refractivity (Wildman–Crippen MR) is 83.1 cm³/mol. The lowest BCUT2D eigenvalue weighted by Gasteiger charge is -2.18. The van der Waals surface area contributed by atoms with E-state index in [4.69, 9.17) is 16.3 Å². The minimum Gasteiger partial charge on any atom is -0.377 e. The molecule has 1 N–H and O–H groups in total. The van der Waals surface area contributed by atoms with Crippen molar-refractivity contribution in [2.24, 2.45) is 11.8 Å². The molecular weight excluding hydrogens is 304 g/mol. The van der Waals surface area contributed by atoms with Crippen molar-refractivity contribution >= 4 is 29.1 Å². The monoisotopic (exact) mass is 322 g/mol. The molecule has 0 spiro atoms. The molecule has 0 bridgehead atoms. The summed E-state index contributed by atoms with van der Waals surface area (Å²) >= 11 is 6.40. The van der Waals surface area contributed by atoms with E-state index in [1.165, 1.54) is 6.33 Å². The van der Waals surface area contributed by atoms with Gasteiger partial charge in [-0.3, -0.25) is 4.79 Å². The van der Waals surface area contributed by atoms with Crippen LogP contribution in [-0.4, -0.2) is 41.7 Å². The largest absolute Gasteiger partial charge is 0.377 e. The summed E-state index contributed by atoms with van der Waals surface area (Å²) < 4.78 is 5.62. The van der Waals surface area contributed by atoms with Crippen LogP contribution in [0.3, 0.4) is 0 Å². The summed E-state index contributed by atoms with van der Waals surface area (Å²) in [5, 5.41) is 3.30. The van der Waals surface area contributed by atoms with Gasteiger partial charge in [0.1, 0.15) is 11.3 Å². The maximum Gasteiger partial charge on any atom is 0.231 e. The number of ether oxygens (including phenoxy) is 1. The van der Waals surface area contributed by atoms with Crippen molar-refractivity contribution < 1.29 is 9.53 Å². The van der Waals surface area contributed by atoms with Gasteiger partial charge in [-0.1, -0.05) is 11.6 Å². The van der Waals surface area contributed by atoms with Gasteiger partial charge in [-0.15, -0.1) is 0 Å². The van der Waals surface area contributed by atoms with Gasteiger partial charge in [-0.05, 0) is 25.7 Å². The first kappa shape index (κ1) is 14.2. The van der Waals surface area contributed by atoms with Crippen LogP contribution >= 0.6 is 11.6 Å². The highest BCUT2D eigenvalue weighted by atomic mass is 35.5. The number of amides is 1. The maximum absolute atomic E-state index is 12.4. The van der Waals surface area contributed by atoms with Gasteiger partial charge in [-0.2, -0.15) is 0 Å². The van der Waals surface area contributed by atoms with Crippen LogP contribution in [0.25, 0.3) is 0 Å². The molecule has 1 aromatic rings. The molecule has 6 nitrogen and oxygen atoms in total. The molecule has 3 aliphatic rings. The van der Waals surface area contributed by atoms with Gasteiger partial charge in [0.05, 0.1) is 12.0 Å². The zero-order chi connectivity index (χ0) is 15.1. The molecule has 1 amide bonds. The summed E-state index contributed by atoms with van der Waals surface area (Å²) in [7, 11) is 0. The average Bonchev–Trinajstić information content (AvgIpc) is 3.01. The predicted octanol–water partition coefficient (Wildman–Crippen LogP) is 2.09. The number of aromatic nitrogens is 2. The van der Waals surface area contributed by atoms with Crippen LogP contribution in [0.2, 0.25) is 5.02 Å². The fraction of sp³-hybridized carbons (Fsp3) is 0.667. The molecule has 0 unspecified atom stereocenters. The first-order valence-electron chi connectivity index (χ1n) is 7.93. The Morgan fingerprint density at radius 2 is 2.14 bits per heavy atom. The minimum absolute atomic E-state index is 0.0372. The van der Waals surface area contributed by atoms with E-state index < -0.39 is 0 Å². The lowest BCUT2D eigenvalue weighted by Crippen LogP contribution is -2.22. The van der Waals surface area contributed by atoms with E-state index in [1.807, 2.05) is 0 Å². The molecule has 0 aromatic carbocycles. The summed E-state index contributed by atoms with van der Waals surface area (Å²) in [6, 6.07) is 0. The Morgan fingerprint density at radius 3 is 2.86 bits per heavy atom. The molecular formula is C15H19ClN4O2. The van der Waals surface area contributed by atoms with Crippen LogP contribution in [0.1, 0.15) is 25.7 Å². The number of nitrogens with zero attached hydrogens (tertiary/aromatic N) is 3. The number of hydrogen-bond donors (Lipinski definition) is 1. The van der Waals surface area contributed by atoms with Gasteiger partial charge >= 0.3 is 0 Å². The van der Waals surface area contributed by atoms with E-state index in [9.17, 15) is 4.79 Å². The second-order valence-electron chi connectivity index (χ2n) is 6.21. The summed E-state index contributed by atoms with van der Waals surface area (Å²) in [4.78, 5) is 22.9. The molecule has 3 fully saturated rings. The highest BCUT2D eigenvalue weighted by molar-refractivity contribution is 6.35. The van der Waals surface area contributed by atoms with E-state index in [0.29, 0.717) is 22.6 Å². The van der Waals surface area contributed by atoms with Gasteiger partial charge in [0.2, 0.25) is 5.91 Å². The lowest BCUT2D eigenvalue weighted by molar-refractivity contribution is -0.118. The van der Waals surface area contributed by atoms with Crippen molar-refractivity contribution in [3.63, 3.8) is 0 Å². The highest BCUT2D eigenvalue weighted by Gasteiger charge is 2.56. The summed E-state index contributed by atoms with van der Waals surface area (Å²) in [6.07, 6.45) is 5.95. The van der Waals surface area contributed by atoms with Crippen molar-refractivity contribution in [1.82, 2.24) is 9.97 Å². The van der Waals surface area contributed by atoms with Gasteiger partial charge < -0.3 is 15.0 Å². The number of halogens is 1. The number of rotatable bonds is 3. The van der Waals surface area contributed by atoms with Crippen molar-refractivity contribution in [3.05, 3.63) is 11.3 Å². The Balaban J connectivity index is 1.48. The van der Waals surface area contributed by atoms with Crippen molar-refractivity contribution in [2.45, 2.75) is 31.8 Å². The molecule has 7 heteroatoms. The standard InChI is InChI=1S/C15H19ClN4O2/c16-11-13(17-8-18-14(11)20-5-1-2-6-20)19-15(21)10-9-4-3-7-22-12(9)10/h8-10,12H,1-7H2,(H,17,18,19,21)/t9-,10-,12-/m1/s1. The Morgan fingerprint density at radius 1 is 1.32 bits per heavy atom. The molecule has 0 radical (unpaired) electrons. The number of fused-ring (bicyclic) bond motifs is 1. The summed E-state index contributed by atoms with van der Waals surface area (Å²) in [6.45, 7) is 2.66. The Hall–Kier alpha value is -1.40. The molecule has 1 aromatic heterocycles. The van der Waals surface area contributed by atoms with E-state index in [0.717, 1.165) is 45.4 Å². The smallest absolute Gasteiger partial charge is 0.231 e. The number of hydrogen-bond acceptors (Lipinski definition) is 5. The molecule has 1 aliphatic carbocycles. The molecule has 1 saturated carbocycles. The van der Waals surface area contributed by atoms with Crippen LogP contribution in [0.15, 0.2) is 6.33 Å². The third-order valence-corrected chi connectivity index (χ3v) is 5.16. The second-order valence-corrected chi connectivity index (χ2v) is 6.59. The van der Waals surface area contributed by atoms with Crippen molar-refractivity contribution in [2.75, 3.05) is 29.9 Å². The zero-order valence-corrected chi connectivity index (χ0v) is 13.1. The van der Waals surface area contributed by atoms with Crippen LogP contribution in [-0.2, 0) is 9.53 Å². The van der Waals surface area contributed by atoms with Gasteiger partial charge in [0, 0.05) is 25.6 Å². The molecule has 2 aliphatic heterocycles. The number of carbonyl (C=O) groups excluding carboxylic acids is 1. The second kappa shape index (κ2) is 5.66. The third kappa shape index (κ3) is 2.44. The van der Waals surface area contributed by atoms with Crippen LogP contribution < -0.4 is 10.2 Å². The van der Waals surface area contributed by atoms with E-state index in [-0.39, 0.29) is 17.9 Å². The number of carbonyl (C=O) groups is 1. The Kier molecular flexibility index (Phi) is 3.66. The molecule has 3 heterocycles. The van der Waals surface area contributed by atoms with Crippen molar-refractivity contribution in [1.29, 1.82) is 0 Å². The third-order valence-electron chi connectivity index (χ3n) is 4.81. The van der Waals surface area contributed by atoms with E-state index >= 15 is 0 Å². The normalized spacial score (nSPS) is 30.0. The highest BCUT2D eigenvalue weighted by Crippen LogP contribution is 2.48. The van der Waals surface area contributed by atoms with Crippen LogP contribution in [0.5, 0.6) is 0 Å². The van der Waals surface area contributed by atoms with Gasteiger partial charge in [0.15, 0.2) is 11.6 Å². The zero-order valence-electron chi connectivity index (χ0n) is 12.3. The molecule has 118 valence electrons. The van der Waals surface area contributed by atoms with Gasteiger partial charge in [0.25, 0.3) is 0 Å². The molecule has 3 atom stereocenters. The Bertz CT molecular complexity index is 579. The molecule has 2 saturated heterocycles. The van der Waals surface area contributed by atoms with Crippen LogP contribution in [0.4, 0.5) is 11.6 Å². The fourth-order valence-electron chi connectivity index (χ4n) is 3.59. The average molecular weight is 323 g/mol.